The molecule has 0 amide bonds. The molecule has 3 nitrogen and oxygen atoms in total. The van der Waals surface area contributed by atoms with Gasteiger partial charge in [-0.25, -0.2) is 0 Å². The molecule has 0 aromatic rings. The third-order valence-corrected chi connectivity index (χ3v) is 2.11. The molecular formula is C7H9BrO3. The molecule has 0 fully saturated rings. The third kappa shape index (κ3) is 1.89. The number of rotatable bonds is 1. The summed E-state index contributed by atoms with van der Waals surface area (Å²) in [6.45, 7) is 1.70. The van der Waals surface area contributed by atoms with Crippen LogP contribution in [0.15, 0.2) is 10.6 Å². The minimum Gasteiger partial charge on any atom is -0.352 e. The van der Waals surface area contributed by atoms with Crippen molar-refractivity contribution >= 4 is 21.7 Å². The second-order valence-electron chi connectivity index (χ2n) is 2.26. The van der Waals surface area contributed by atoms with Crippen molar-refractivity contribution in [1.82, 2.24) is 0 Å². The van der Waals surface area contributed by atoms with Gasteiger partial charge in [0.25, 0.3) is 0 Å². The Labute approximate surface area is 73.5 Å². The summed E-state index contributed by atoms with van der Waals surface area (Å²) >= 11 is 3.13. The molecule has 0 aliphatic carbocycles. The zero-order chi connectivity index (χ0) is 8.43. The largest absolute Gasteiger partial charge is 0.352 e. The second kappa shape index (κ2) is 3.47. The van der Waals surface area contributed by atoms with Crippen LogP contribution in [0.5, 0.6) is 0 Å². The predicted molar refractivity (Wildman–Crippen MR) is 43.4 cm³/mol. The molecule has 4 heteroatoms. The highest BCUT2D eigenvalue weighted by Crippen LogP contribution is 2.19. The highest BCUT2D eigenvalue weighted by Gasteiger charge is 2.25. The number of hydrogen-bond acceptors (Lipinski definition) is 3. The molecule has 0 radical (unpaired) electrons. The normalized spacial score (nSPS) is 31.9. The van der Waals surface area contributed by atoms with Crippen LogP contribution in [0.4, 0.5) is 0 Å². The van der Waals surface area contributed by atoms with Crippen LogP contribution in [0.25, 0.3) is 0 Å². The lowest BCUT2D eigenvalue weighted by Crippen LogP contribution is -2.31. The summed E-state index contributed by atoms with van der Waals surface area (Å²) in [7, 11) is 1.53. The van der Waals surface area contributed by atoms with Crippen molar-refractivity contribution in [1.29, 1.82) is 0 Å². The standard InChI is InChI=1S/C7H9BrO3/c1-4-7(9)5(8)3-6(10-2)11-4/h3-4,6H,1-2H3. The van der Waals surface area contributed by atoms with Crippen molar-refractivity contribution in [3.05, 3.63) is 10.6 Å². The summed E-state index contributed by atoms with van der Waals surface area (Å²) in [5, 5.41) is 0. The Bertz CT molecular complexity index is 200. The zero-order valence-electron chi connectivity index (χ0n) is 6.33. The average molecular weight is 221 g/mol. The first-order valence-corrected chi connectivity index (χ1v) is 4.04. The van der Waals surface area contributed by atoms with Crippen LogP contribution in [0, 0.1) is 0 Å². The van der Waals surface area contributed by atoms with Crippen LogP contribution in [0.3, 0.4) is 0 Å². The Kier molecular flexibility index (Phi) is 2.81. The Morgan fingerprint density at radius 1 is 1.73 bits per heavy atom. The van der Waals surface area contributed by atoms with Gasteiger partial charge in [-0.1, -0.05) is 0 Å². The van der Waals surface area contributed by atoms with Gasteiger partial charge in [-0.3, -0.25) is 4.79 Å². The number of Topliss-reactive ketones (excluding diaryl/α,β-unsaturated/α-hetero) is 1. The molecule has 0 N–H and O–H groups in total. The van der Waals surface area contributed by atoms with E-state index >= 15 is 0 Å². The van der Waals surface area contributed by atoms with Crippen LogP contribution in [-0.4, -0.2) is 25.3 Å². The van der Waals surface area contributed by atoms with E-state index < -0.39 is 12.4 Å². The van der Waals surface area contributed by atoms with Crippen molar-refractivity contribution < 1.29 is 14.3 Å². The number of ketones is 1. The van der Waals surface area contributed by atoms with Crippen molar-refractivity contribution in [2.24, 2.45) is 0 Å². The third-order valence-electron chi connectivity index (χ3n) is 1.46. The molecule has 1 aliphatic rings. The fraction of sp³-hybridized carbons (Fsp3) is 0.571. The Hall–Kier alpha value is -0.190. The highest BCUT2D eigenvalue weighted by atomic mass is 79.9. The Morgan fingerprint density at radius 3 is 2.82 bits per heavy atom. The van der Waals surface area contributed by atoms with E-state index in [-0.39, 0.29) is 5.78 Å². The summed E-state index contributed by atoms with van der Waals surface area (Å²) in [4.78, 5) is 11.1. The number of methoxy groups -OCH3 is 1. The van der Waals surface area contributed by atoms with Gasteiger partial charge in [-0.15, -0.1) is 0 Å². The monoisotopic (exact) mass is 220 g/mol. The van der Waals surface area contributed by atoms with Crippen molar-refractivity contribution in [2.75, 3.05) is 7.11 Å². The van der Waals surface area contributed by atoms with Gasteiger partial charge in [0.2, 0.25) is 0 Å². The van der Waals surface area contributed by atoms with Crippen molar-refractivity contribution in [2.45, 2.75) is 19.3 Å². The average Bonchev–Trinajstić information content (AvgIpc) is 1.99. The molecule has 0 aromatic carbocycles. The number of carbonyl (C=O) groups is 1. The first-order chi connectivity index (χ1) is 5.15. The van der Waals surface area contributed by atoms with Crippen molar-refractivity contribution in [3.8, 4) is 0 Å². The van der Waals surface area contributed by atoms with E-state index in [4.69, 9.17) is 9.47 Å². The zero-order valence-corrected chi connectivity index (χ0v) is 7.92. The molecule has 0 saturated heterocycles. The first kappa shape index (κ1) is 8.90. The Balaban J connectivity index is 2.76. The summed E-state index contributed by atoms with van der Waals surface area (Å²) in [5.41, 5.74) is 0. The maximum absolute atomic E-state index is 11.1. The topological polar surface area (TPSA) is 35.5 Å². The van der Waals surface area contributed by atoms with E-state index in [1.54, 1.807) is 13.0 Å². The summed E-state index contributed by atoms with van der Waals surface area (Å²) < 4.78 is 10.6. The van der Waals surface area contributed by atoms with Crippen LogP contribution >= 0.6 is 15.9 Å². The Morgan fingerprint density at radius 2 is 2.36 bits per heavy atom. The fourth-order valence-corrected chi connectivity index (χ4v) is 1.36. The second-order valence-corrected chi connectivity index (χ2v) is 3.12. The first-order valence-electron chi connectivity index (χ1n) is 3.25. The highest BCUT2D eigenvalue weighted by molar-refractivity contribution is 9.12. The number of halogens is 1. The maximum atomic E-state index is 11.1. The molecule has 2 atom stereocenters. The molecule has 1 heterocycles. The molecule has 0 spiro atoms. The lowest BCUT2D eigenvalue weighted by Gasteiger charge is -2.22. The summed E-state index contributed by atoms with van der Waals surface area (Å²) in [5.74, 6) is -0.0432. The van der Waals surface area contributed by atoms with E-state index in [0.29, 0.717) is 4.48 Å². The van der Waals surface area contributed by atoms with E-state index in [0.717, 1.165) is 0 Å². The van der Waals surface area contributed by atoms with Gasteiger partial charge in [0.05, 0.1) is 4.48 Å². The van der Waals surface area contributed by atoms with E-state index in [2.05, 4.69) is 15.9 Å². The van der Waals surface area contributed by atoms with Gasteiger partial charge in [-0.2, -0.15) is 0 Å². The number of carbonyl (C=O) groups excluding carboxylic acids is 1. The van der Waals surface area contributed by atoms with Crippen LogP contribution in [0.2, 0.25) is 0 Å². The van der Waals surface area contributed by atoms with Gasteiger partial charge in [0.15, 0.2) is 12.1 Å². The van der Waals surface area contributed by atoms with Gasteiger partial charge >= 0.3 is 0 Å². The van der Waals surface area contributed by atoms with Gasteiger partial charge in [-0.05, 0) is 28.9 Å². The predicted octanol–water partition coefficient (Wildman–Crippen LogP) is 1.23. The molecule has 1 rings (SSSR count). The molecule has 2 unspecified atom stereocenters. The molecular weight excluding hydrogens is 212 g/mol. The van der Waals surface area contributed by atoms with Gasteiger partial charge in [0.1, 0.15) is 6.10 Å². The maximum Gasteiger partial charge on any atom is 0.198 e. The van der Waals surface area contributed by atoms with Gasteiger partial charge < -0.3 is 9.47 Å². The quantitative estimate of drug-likeness (QED) is 0.667. The van der Waals surface area contributed by atoms with Crippen LogP contribution in [-0.2, 0) is 14.3 Å². The molecule has 0 saturated carbocycles. The number of ether oxygens (including phenoxy) is 2. The number of hydrogen-bond donors (Lipinski definition) is 0. The van der Waals surface area contributed by atoms with Gasteiger partial charge in [0, 0.05) is 7.11 Å². The van der Waals surface area contributed by atoms with E-state index in [1.165, 1.54) is 7.11 Å². The molecule has 0 bridgehead atoms. The van der Waals surface area contributed by atoms with E-state index in [1.807, 2.05) is 0 Å². The minimum absolute atomic E-state index is 0.0432. The molecule has 62 valence electrons. The molecule has 11 heavy (non-hydrogen) atoms. The van der Waals surface area contributed by atoms with E-state index in [9.17, 15) is 4.79 Å². The lowest BCUT2D eigenvalue weighted by atomic mass is 10.2. The SMILES string of the molecule is COC1C=C(Br)C(=O)C(C)O1. The smallest absolute Gasteiger partial charge is 0.198 e. The molecule has 1 aliphatic heterocycles. The molecule has 0 aromatic heterocycles. The summed E-state index contributed by atoms with van der Waals surface area (Å²) in [6.07, 6.45) is 0.777. The fourth-order valence-electron chi connectivity index (χ4n) is 0.822. The summed E-state index contributed by atoms with van der Waals surface area (Å²) in [6, 6.07) is 0. The van der Waals surface area contributed by atoms with Crippen LogP contribution in [0.1, 0.15) is 6.92 Å². The van der Waals surface area contributed by atoms with Crippen LogP contribution < -0.4 is 0 Å². The van der Waals surface area contributed by atoms with Crippen molar-refractivity contribution in [3.63, 3.8) is 0 Å². The lowest BCUT2D eigenvalue weighted by molar-refractivity contribution is -0.152. The minimum atomic E-state index is -0.417.